The lowest BCUT2D eigenvalue weighted by atomic mass is 9.90. The lowest BCUT2D eigenvalue weighted by molar-refractivity contribution is -0.138. The van der Waals surface area contributed by atoms with E-state index in [1.54, 1.807) is 24.5 Å². The van der Waals surface area contributed by atoms with Gasteiger partial charge in [-0.15, -0.1) is 11.3 Å². The van der Waals surface area contributed by atoms with E-state index in [0.29, 0.717) is 22.2 Å². The van der Waals surface area contributed by atoms with Gasteiger partial charge in [0.25, 0.3) is 5.91 Å². The third-order valence-electron chi connectivity index (χ3n) is 7.08. The average molecular weight is 612 g/mol. The molecule has 1 atom stereocenters. The number of amides is 1. The van der Waals surface area contributed by atoms with Crippen molar-refractivity contribution in [3.63, 3.8) is 0 Å². The fraction of sp³-hybridized carbons (Fsp3) is 0.235. The number of halogens is 1. The van der Waals surface area contributed by atoms with Crippen molar-refractivity contribution in [2.45, 2.75) is 46.3 Å². The molecule has 1 N–H and O–H groups in total. The molecule has 0 unspecified atom stereocenters. The van der Waals surface area contributed by atoms with Crippen LogP contribution in [0.25, 0.3) is 43.2 Å². The number of hydrogen-bond acceptors (Lipinski definition) is 7. The smallest absolute Gasteiger partial charge is 0.262 e. The third-order valence-corrected chi connectivity index (χ3v) is 8.47. The number of pyridine rings is 1. The molecule has 0 saturated heterocycles. The number of aromatic nitrogens is 2. The van der Waals surface area contributed by atoms with E-state index in [1.165, 1.54) is 0 Å². The number of aryl methyl sites for hydroxylation is 1. The number of hydrogen-bond donors (Lipinski definition) is 1. The summed E-state index contributed by atoms with van der Waals surface area (Å²) in [6.07, 6.45) is 0.995. The minimum Gasteiger partial charge on any atom is -0.481 e. The molecule has 3 aromatic carbocycles. The molecule has 9 heteroatoms. The molecule has 1 aliphatic rings. The van der Waals surface area contributed by atoms with Crippen LogP contribution in [-0.2, 0) is 14.3 Å². The minimum absolute atomic E-state index is 0.0447. The second kappa shape index (κ2) is 11.2. The van der Waals surface area contributed by atoms with Gasteiger partial charge in [0.1, 0.15) is 11.1 Å². The number of nitrogens with zero attached hydrogens (tertiary/aromatic N) is 2. The summed E-state index contributed by atoms with van der Waals surface area (Å²) in [5.74, 6) is 0.336. The van der Waals surface area contributed by atoms with Gasteiger partial charge >= 0.3 is 0 Å². The Morgan fingerprint density at radius 3 is 2.58 bits per heavy atom. The van der Waals surface area contributed by atoms with Crippen molar-refractivity contribution in [1.29, 1.82) is 0 Å². The van der Waals surface area contributed by atoms with Gasteiger partial charge in [0.15, 0.2) is 18.1 Å². The Kier molecular flexibility index (Phi) is 7.54. The number of para-hydroxylation sites is 1. The predicted molar refractivity (Wildman–Crippen MR) is 172 cm³/mol. The molecule has 0 bridgehead atoms. The van der Waals surface area contributed by atoms with Crippen molar-refractivity contribution >= 4 is 50.5 Å². The number of rotatable bonds is 6. The Morgan fingerprint density at radius 1 is 1.09 bits per heavy atom. The van der Waals surface area contributed by atoms with E-state index in [4.69, 9.17) is 26.1 Å². The molecule has 7 nitrogen and oxygen atoms in total. The SMILES string of the molecule is CC(=O)[C@@H](OC(C)(C)C)c1c(C)cc2nc(-c3ccnc(-c4cccc5c4OCC(=O)N5)c3)sc2c1-c1ccc(Cl)cc1. The number of Topliss-reactive ketones (excluding diaryl/α,β-unsaturated/α-hetero) is 1. The van der Waals surface area contributed by atoms with Crippen LogP contribution in [0.1, 0.15) is 44.9 Å². The number of thiazole rings is 1. The first-order chi connectivity index (χ1) is 20.5. The Bertz CT molecular complexity index is 1890. The highest BCUT2D eigenvalue weighted by atomic mass is 35.5. The second-order valence-electron chi connectivity index (χ2n) is 11.5. The van der Waals surface area contributed by atoms with E-state index < -0.39 is 11.7 Å². The van der Waals surface area contributed by atoms with Crippen molar-refractivity contribution < 1.29 is 19.1 Å². The lowest BCUT2D eigenvalue weighted by Crippen LogP contribution is -2.27. The molecule has 1 aliphatic heterocycles. The van der Waals surface area contributed by atoms with Gasteiger partial charge in [-0.05, 0) is 88.2 Å². The maximum Gasteiger partial charge on any atom is 0.262 e. The summed E-state index contributed by atoms with van der Waals surface area (Å²) in [7, 11) is 0. The summed E-state index contributed by atoms with van der Waals surface area (Å²) in [5, 5.41) is 4.29. The van der Waals surface area contributed by atoms with E-state index >= 15 is 0 Å². The molecule has 0 fully saturated rings. The summed E-state index contributed by atoms with van der Waals surface area (Å²) in [5.41, 5.74) is 6.87. The monoisotopic (exact) mass is 611 g/mol. The number of benzene rings is 3. The van der Waals surface area contributed by atoms with E-state index in [0.717, 1.165) is 48.6 Å². The maximum absolute atomic E-state index is 13.1. The van der Waals surface area contributed by atoms with Crippen molar-refractivity contribution in [3.05, 3.63) is 83.0 Å². The van der Waals surface area contributed by atoms with E-state index in [1.807, 2.05) is 88.4 Å². The van der Waals surface area contributed by atoms with Crippen LogP contribution < -0.4 is 10.1 Å². The van der Waals surface area contributed by atoms with E-state index in [2.05, 4.69) is 10.3 Å². The molecule has 218 valence electrons. The molecule has 0 aliphatic carbocycles. The third kappa shape index (κ3) is 5.78. The summed E-state index contributed by atoms with van der Waals surface area (Å²) in [4.78, 5) is 34.6. The van der Waals surface area contributed by atoms with Crippen molar-refractivity contribution in [3.8, 4) is 38.7 Å². The number of anilines is 1. The standard InChI is InChI=1S/C34H30ClN3O4S/c1-18-15-26-32(29(20-9-11-22(35)12-10-20)28(18)30(19(2)39)42-34(3,4)5)43-33(38-26)21-13-14-36-25(16-21)23-7-6-8-24-31(23)41-17-27(40)37-24/h6-16,30H,17H2,1-5H3,(H,37,40)/t30-/m1/s1. The first kappa shape index (κ1) is 29.0. The number of ether oxygens (including phenoxy) is 2. The van der Waals surface area contributed by atoms with Crippen molar-refractivity contribution in [2.24, 2.45) is 0 Å². The Morgan fingerprint density at radius 2 is 1.86 bits per heavy atom. The molecule has 0 saturated carbocycles. The fourth-order valence-electron chi connectivity index (χ4n) is 5.30. The maximum atomic E-state index is 13.1. The van der Waals surface area contributed by atoms with Crippen LogP contribution in [0.2, 0.25) is 5.02 Å². The predicted octanol–water partition coefficient (Wildman–Crippen LogP) is 8.43. The summed E-state index contributed by atoms with van der Waals surface area (Å²) in [6, 6.07) is 19.2. The summed E-state index contributed by atoms with van der Waals surface area (Å²) in [6.45, 7) is 9.38. The Labute approximate surface area is 258 Å². The largest absolute Gasteiger partial charge is 0.481 e. The van der Waals surface area contributed by atoms with Gasteiger partial charge in [0.05, 0.1) is 27.2 Å². The minimum atomic E-state index is -0.752. The Hall–Kier alpha value is -4.11. The molecule has 43 heavy (non-hydrogen) atoms. The zero-order valence-corrected chi connectivity index (χ0v) is 26.0. The topological polar surface area (TPSA) is 90.4 Å². The van der Waals surface area contributed by atoms with Gasteiger partial charge in [-0.25, -0.2) is 4.98 Å². The Balaban J connectivity index is 1.53. The molecule has 6 rings (SSSR count). The fourth-order valence-corrected chi connectivity index (χ4v) is 6.55. The molecule has 3 heterocycles. The van der Waals surface area contributed by atoms with Gasteiger partial charge < -0.3 is 14.8 Å². The van der Waals surface area contributed by atoms with Crippen LogP contribution in [0, 0.1) is 6.92 Å². The average Bonchev–Trinajstić information content (AvgIpc) is 3.38. The highest BCUT2D eigenvalue weighted by Crippen LogP contribution is 2.45. The van der Waals surface area contributed by atoms with E-state index in [-0.39, 0.29) is 18.3 Å². The van der Waals surface area contributed by atoms with Gasteiger partial charge in [0.2, 0.25) is 0 Å². The van der Waals surface area contributed by atoms with Crippen LogP contribution in [0.15, 0.2) is 66.9 Å². The molecule has 0 radical (unpaired) electrons. The number of fused-ring (bicyclic) bond motifs is 2. The number of ketones is 1. The van der Waals surface area contributed by atoms with Gasteiger partial charge in [-0.2, -0.15) is 0 Å². The molecular formula is C34H30ClN3O4S. The lowest BCUT2D eigenvalue weighted by Gasteiger charge is -2.29. The highest BCUT2D eigenvalue weighted by Gasteiger charge is 2.30. The highest BCUT2D eigenvalue weighted by molar-refractivity contribution is 7.22. The van der Waals surface area contributed by atoms with Gasteiger partial charge in [-0.3, -0.25) is 14.6 Å². The normalized spacial score (nSPS) is 13.8. The number of carbonyl (C=O) groups excluding carboxylic acids is 2. The first-order valence-corrected chi connectivity index (χ1v) is 15.1. The number of nitrogens with one attached hydrogen (secondary N) is 1. The number of carbonyl (C=O) groups is 2. The molecular weight excluding hydrogens is 582 g/mol. The zero-order chi connectivity index (χ0) is 30.5. The molecule has 2 aromatic heterocycles. The van der Waals surface area contributed by atoms with E-state index in [9.17, 15) is 9.59 Å². The second-order valence-corrected chi connectivity index (χ2v) is 13.0. The zero-order valence-electron chi connectivity index (χ0n) is 24.4. The van der Waals surface area contributed by atoms with Gasteiger partial charge in [-0.1, -0.05) is 29.8 Å². The van der Waals surface area contributed by atoms with Crippen LogP contribution in [-0.4, -0.2) is 33.9 Å². The van der Waals surface area contributed by atoms with Crippen LogP contribution in [0.4, 0.5) is 5.69 Å². The van der Waals surface area contributed by atoms with Crippen LogP contribution in [0.5, 0.6) is 5.75 Å². The molecule has 1 amide bonds. The van der Waals surface area contributed by atoms with Gasteiger partial charge in [0, 0.05) is 33.5 Å². The van der Waals surface area contributed by atoms with Crippen molar-refractivity contribution in [2.75, 3.05) is 11.9 Å². The van der Waals surface area contributed by atoms with Crippen LogP contribution >= 0.6 is 22.9 Å². The quantitative estimate of drug-likeness (QED) is 0.207. The molecule has 0 spiro atoms. The first-order valence-electron chi connectivity index (χ1n) is 13.9. The van der Waals surface area contributed by atoms with Crippen LogP contribution in [0.3, 0.4) is 0 Å². The van der Waals surface area contributed by atoms with Crippen molar-refractivity contribution in [1.82, 2.24) is 9.97 Å². The summed E-state index contributed by atoms with van der Waals surface area (Å²) < 4.78 is 13.1. The summed E-state index contributed by atoms with van der Waals surface area (Å²) >= 11 is 7.82. The molecule has 5 aromatic rings.